The van der Waals surface area contributed by atoms with Crippen LogP contribution < -0.4 is 11.1 Å². The Morgan fingerprint density at radius 1 is 1.27 bits per heavy atom. The number of nitrogens with two attached hydrogens (primary N) is 1. The summed E-state index contributed by atoms with van der Waals surface area (Å²) in [7, 11) is 0. The minimum absolute atomic E-state index is 0. The van der Waals surface area contributed by atoms with E-state index >= 15 is 0 Å². The first kappa shape index (κ1) is 18.9. The van der Waals surface area contributed by atoms with E-state index in [-0.39, 0.29) is 23.7 Å². The van der Waals surface area contributed by atoms with Crippen LogP contribution in [0, 0.1) is 6.92 Å². The van der Waals surface area contributed by atoms with Gasteiger partial charge in [0.05, 0.1) is 5.54 Å². The third kappa shape index (κ3) is 4.45. The predicted molar refractivity (Wildman–Crippen MR) is 91.4 cm³/mol. The molecule has 5 heteroatoms. The molecule has 1 aromatic carbocycles. The lowest BCUT2D eigenvalue weighted by Gasteiger charge is -2.34. The van der Waals surface area contributed by atoms with Crippen LogP contribution in [-0.4, -0.2) is 31.2 Å². The Hall–Kier alpha value is -1.10. The van der Waals surface area contributed by atoms with Gasteiger partial charge >= 0.3 is 0 Å². The van der Waals surface area contributed by atoms with E-state index in [2.05, 4.69) is 50.4 Å². The van der Waals surface area contributed by atoms with Gasteiger partial charge in [-0.1, -0.05) is 43.7 Å². The van der Waals surface area contributed by atoms with E-state index in [9.17, 15) is 4.79 Å². The fourth-order valence-corrected chi connectivity index (χ4v) is 2.55. The number of ether oxygens (including phenoxy) is 1. The summed E-state index contributed by atoms with van der Waals surface area (Å²) in [5, 5.41) is 3.03. The highest BCUT2D eigenvalue weighted by atomic mass is 35.5. The third-order valence-corrected chi connectivity index (χ3v) is 4.36. The largest absolute Gasteiger partial charge is 0.381 e. The molecule has 0 spiro atoms. The summed E-state index contributed by atoms with van der Waals surface area (Å²) in [6, 6.07) is 8.44. The fraction of sp³-hybridized carbons (Fsp3) is 0.588. The molecule has 4 nitrogen and oxygen atoms in total. The normalized spacial score (nSPS) is 17.5. The van der Waals surface area contributed by atoms with Gasteiger partial charge in [-0.15, -0.1) is 12.4 Å². The minimum atomic E-state index is -0.776. The Labute approximate surface area is 139 Å². The van der Waals surface area contributed by atoms with E-state index in [0.717, 1.165) is 0 Å². The van der Waals surface area contributed by atoms with E-state index in [4.69, 9.17) is 10.5 Å². The molecule has 1 fully saturated rings. The van der Waals surface area contributed by atoms with Crippen LogP contribution in [0.5, 0.6) is 0 Å². The molecule has 1 aliphatic heterocycles. The molecule has 0 unspecified atom stereocenters. The lowest BCUT2D eigenvalue weighted by Crippen LogP contribution is -2.58. The number of halogens is 1. The molecular weight excluding hydrogens is 300 g/mol. The van der Waals surface area contributed by atoms with Gasteiger partial charge in [0, 0.05) is 25.2 Å². The van der Waals surface area contributed by atoms with Crippen LogP contribution >= 0.6 is 12.4 Å². The molecule has 0 radical (unpaired) electrons. The van der Waals surface area contributed by atoms with E-state index in [0.29, 0.717) is 32.6 Å². The molecule has 2 rings (SSSR count). The number of nitrogens with one attached hydrogen (secondary N) is 1. The van der Waals surface area contributed by atoms with Crippen molar-refractivity contribution in [3.63, 3.8) is 0 Å². The van der Waals surface area contributed by atoms with Gasteiger partial charge in [-0.25, -0.2) is 0 Å². The smallest absolute Gasteiger partial charge is 0.240 e. The maximum Gasteiger partial charge on any atom is 0.240 e. The first-order chi connectivity index (χ1) is 9.83. The van der Waals surface area contributed by atoms with Crippen LogP contribution in [0.15, 0.2) is 24.3 Å². The molecule has 22 heavy (non-hydrogen) atoms. The topological polar surface area (TPSA) is 64.4 Å². The van der Waals surface area contributed by atoms with Crippen molar-refractivity contribution >= 4 is 18.3 Å². The maximum atomic E-state index is 12.4. The predicted octanol–water partition coefficient (Wildman–Crippen LogP) is 2.32. The van der Waals surface area contributed by atoms with Gasteiger partial charge in [0.15, 0.2) is 0 Å². The van der Waals surface area contributed by atoms with Crippen LogP contribution in [-0.2, 0) is 14.9 Å². The Balaban J connectivity index is 0.00000242. The standard InChI is InChI=1S/C17H26N2O2.ClH/c1-13-4-6-14(7-5-13)16(2,3)12-19-15(20)17(18)8-10-21-11-9-17;/h4-7H,8-12,18H2,1-3H3,(H,19,20);1H. The van der Waals surface area contributed by atoms with Gasteiger partial charge in [0.25, 0.3) is 0 Å². The van der Waals surface area contributed by atoms with Gasteiger partial charge in [0.1, 0.15) is 0 Å². The van der Waals surface area contributed by atoms with Crippen LogP contribution in [0.4, 0.5) is 0 Å². The summed E-state index contributed by atoms with van der Waals surface area (Å²) in [4.78, 5) is 12.4. The number of hydrogen-bond donors (Lipinski definition) is 2. The van der Waals surface area contributed by atoms with Crippen molar-refractivity contribution < 1.29 is 9.53 Å². The molecule has 0 saturated carbocycles. The summed E-state index contributed by atoms with van der Waals surface area (Å²) in [6.07, 6.45) is 1.17. The van der Waals surface area contributed by atoms with Crippen molar-refractivity contribution in [2.24, 2.45) is 5.73 Å². The molecule has 0 bridgehead atoms. The zero-order chi connectivity index (χ0) is 15.5. The molecule has 1 aromatic rings. The number of hydrogen-bond acceptors (Lipinski definition) is 3. The number of aryl methyl sites for hydroxylation is 1. The van der Waals surface area contributed by atoms with Gasteiger partial charge in [-0.3, -0.25) is 4.79 Å². The Bertz CT molecular complexity index is 494. The summed E-state index contributed by atoms with van der Waals surface area (Å²) < 4.78 is 5.28. The van der Waals surface area contributed by atoms with Gasteiger partial charge < -0.3 is 15.8 Å². The fourth-order valence-electron chi connectivity index (χ4n) is 2.55. The maximum absolute atomic E-state index is 12.4. The second-order valence-electron chi connectivity index (χ2n) is 6.70. The summed E-state index contributed by atoms with van der Waals surface area (Å²) in [5.74, 6) is -0.0639. The molecule has 1 saturated heterocycles. The Morgan fingerprint density at radius 2 is 1.82 bits per heavy atom. The molecule has 3 N–H and O–H groups in total. The van der Waals surface area contributed by atoms with Crippen LogP contribution in [0.2, 0.25) is 0 Å². The molecule has 0 atom stereocenters. The average Bonchev–Trinajstić information content (AvgIpc) is 2.46. The van der Waals surface area contributed by atoms with E-state index in [1.807, 2.05) is 0 Å². The van der Waals surface area contributed by atoms with Crippen molar-refractivity contribution in [3.05, 3.63) is 35.4 Å². The van der Waals surface area contributed by atoms with Crippen LogP contribution in [0.25, 0.3) is 0 Å². The van der Waals surface area contributed by atoms with E-state index in [1.165, 1.54) is 11.1 Å². The van der Waals surface area contributed by atoms with Crippen molar-refractivity contribution in [2.75, 3.05) is 19.8 Å². The quantitative estimate of drug-likeness (QED) is 0.892. The Morgan fingerprint density at radius 3 is 2.36 bits per heavy atom. The third-order valence-electron chi connectivity index (χ3n) is 4.36. The molecule has 0 aliphatic carbocycles. The summed E-state index contributed by atoms with van der Waals surface area (Å²) in [5.41, 5.74) is 7.75. The van der Waals surface area contributed by atoms with E-state index in [1.54, 1.807) is 0 Å². The zero-order valence-electron chi connectivity index (χ0n) is 13.6. The average molecular weight is 327 g/mol. The Kier molecular flexibility index (Phi) is 6.41. The molecule has 0 aromatic heterocycles. The highest BCUT2D eigenvalue weighted by Gasteiger charge is 2.36. The number of benzene rings is 1. The van der Waals surface area contributed by atoms with Crippen molar-refractivity contribution in [2.45, 2.75) is 44.6 Å². The molecule has 1 amide bonds. The number of rotatable bonds is 4. The van der Waals surface area contributed by atoms with Crippen molar-refractivity contribution in [3.8, 4) is 0 Å². The SMILES string of the molecule is Cc1ccc(C(C)(C)CNC(=O)C2(N)CCOCC2)cc1.Cl. The molecule has 124 valence electrons. The van der Waals surface area contributed by atoms with Crippen LogP contribution in [0.3, 0.4) is 0 Å². The zero-order valence-corrected chi connectivity index (χ0v) is 14.5. The number of carbonyl (C=O) groups excluding carboxylic acids is 1. The molecular formula is C17H27ClN2O2. The van der Waals surface area contributed by atoms with Gasteiger partial charge in [0.2, 0.25) is 5.91 Å². The first-order valence-corrected chi connectivity index (χ1v) is 7.56. The highest BCUT2D eigenvalue weighted by Crippen LogP contribution is 2.23. The second kappa shape index (κ2) is 7.44. The van der Waals surface area contributed by atoms with Gasteiger partial charge in [-0.05, 0) is 25.3 Å². The summed E-state index contributed by atoms with van der Waals surface area (Å²) in [6.45, 7) is 8.03. The monoisotopic (exact) mass is 326 g/mol. The van der Waals surface area contributed by atoms with Crippen molar-refractivity contribution in [1.29, 1.82) is 0 Å². The van der Waals surface area contributed by atoms with E-state index < -0.39 is 5.54 Å². The second-order valence-corrected chi connectivity index (χ2v) is 6.70. The number of carbonyl (C=O) groups is 1. The lowest BCUT2D eigenvalue weighted by molar-refractivity contribution is -0.130. The minimum Gasteiger partial charge on any atom is -0.381 e. The molecule has 1 heterocycles. The van der Waals surface area contributed by atoms with Crippen molar-refractivity contribution in [1.82, 2.24) is 5.32 Å². The highest BCUT2D eigenvalue weighted by molar-refractivity contribution is 5.86. The summed E-state index contributed by atoms with van der Waals surface area (Å²) >= 11 is 0. The number of amides is 1. The van der Waals surface area contributed by atoms with Crippen LogP contribution in [0.1, 0.15) is 37.8 Å². The lowest BCUT2D eigenvalue weighted by atomic mass is 9.83. The first-order valence-electron chi connectivity index (χ1n) is 7.56. The van der Waals surface area contributed by atoms with Gasteiger partial charge in [-0.2, -0.15) is 0 Å². The molecule has 1 aliphatic rings.